The lowest BCUT2D eigenvalue weighted by Crippen LogP contribution is -2.41. The summed E-state index contributed by atoms with van der Waals surface area (Å²) in [7, 11) is 1.38. The minimum Gasteiger partial charge on any atom is -0.491 e. The Balaban J connectivity index is 1.91. The average Bonchev–Trinajstić information content (AvgIpc) is 3.01. The Morgan fingerprint density at radius 3 is 2.56 bits per heavy atom. The normalized spacial score (nSPS) is 18.7. The van der Waals surface area contributed by atoms with Crippen LogP contribution in [0.5, 0.6) is 0 Å². The molecule has 0 bridgehead atoms. The Morgan fingerprint density at radius 1 is 1.15 bits per heavy atom. The minimum atomic E-state index is -0.472. The standard InChI is InChI=1S/C20H19ClN2O4/c1-11-14(12-5-3-4-6-13(12)22-11)15-16(21)19(25)20(26-2)17(18(15)24)23-7-9-27-10-8-23/h3-6,22H,7-10H2,1-2H3. The molecule has 0 saturated carbocycles. The van der Waals surface area contributed by atoms with Crippen LogP contribution in [0.2, 0.25) is 0 Å². The third-order valence-electron chi connectivity index (χ3n) is 4.96. The Morgan fingerprint density at radius 2 is 1.85 bits per heavy atom. The summed E-state index contributed by atoms with van der Waals surface area (Å²) in [6.07, 6.45) is 0. The molecule has 27 heavy (non-hydrogen) atoms. The summed E-state index contributed by atoms with van der Waals surface area (Å²) >= 11 is 6.41. The molecule has 1 aliphatic heterocycles. The van der Waals surface area contributed by atoms with Gasteiger partial charge in [0.15, 0.2) is 5.76 Å². The number of H-pyrrole nitrogens is 1. The van der Waals surface area contributed by atoms with E-state index in [-0.39, 0.29) is 27.8 Å². The summed E-state index contributed by atoms with van der Waals surface area (Å²) in [6, 6.07) is 7.64. The highest BCUT2D eigenvalue weighted by molar-refractivity contribution is 6.56. The van der Waals surface area contributed by atoms with E-state index >= 15 is 0 Å². The van der Waals surface area contributed by atoms with Crippen molar-refractivity contribution in [1.82, 2.24) is 9.88 Å². The number of Topliss-reactive ketones (excluding diaryl/α,β-unsaturated/α-hetero) is 2. The molecular weight excluding hydrogens is 368 g/mol. The van der Waals surface area contributed by atoms with Crippen LogP contribution in [-0.4, -0.2) is 54.9 Å². The number of allylic oxidation sites excluding steroid dienone is 2. The molecule has 7 heteroatoms. The number of methoxy groups -OCH3 is 1. The van der Waals surface area contributed by atoms with E-state index in [0.29, 0.717) is 31.9 Å². The first kappa shape index (κ1) is 17.8. The second kappa shape index (κ2) is 6.87. The zero-order chi connectivity index (χ0) is 19.1. The van der Waals surface area contributed by atoms with Crippen LogP contribution in [0.1, 0.15) is 11.3 Å². The molecule has 0 amide bonds. The van der Waals surface area contributed by atoms with Crippen LogP contribution < -0.4 is 0 Å². The maximum atomic E-state index is 13.5. The SMILES string of the molecule is COC1=C(N2CCOCC2)C(=O)C(c2c(C)[nH]c3ccccc23)=C(Cl)C1=O. The number of rotatable bonds is 3. The van der Waals surface area contributed by atoms with Gasteiger partial charge in [-0.05, 0) is 13.0 Å². The van der Waals surface area contributed by atoms with Crippen LogP contribution in [0.25, 0.3) is 16.5 Å². The minimum absolute atomic E-state index is 0.00635. The largest absolute Gasteiger partial charge is 0.491 e. The molecule has 4 rings (SSSR count). The lowest BCUT2D eigenvalue weighted by Gasteiger charge is -2.33. The first-order chi connectivity index (χ1) is 13.0. The number of aromatic amines is 1. The van der Waals surface area contributed by atoms with E-state index in [9.17, 15) is 9.59 Å². The highest BCUT2D eigenvalue weighted by Gasteiger charge is 2.40. The van der Waals surface area contributed by atoms with Gasteiger partial charge in [-0.15, -0.1) is 0 Å². The van der Waals surface area contributed by atoms with Crippen LogP contribution >= 0.6 is 11.6 Å². The average molecular weight is 387 g/mol. The number of para-hydroxylation sites is 1. The molecule has 1 N–H and O–H groups in total. The summed E-state index contributed by atoms with van der Waals surface area (Å²) in [5, 5.41) is 0.744. The Hall–Kier alpha value is -2.57. The van der Waals surface area contributed by atoms with Crippen molar-refractivity contribution >= 4 is 39.6 Å². The van der Waals surface area contributed by atoms with E-state index < -0.39 is 5.78 Å². The first-order valence-electron chi connectivity index (χ1n) is 8.72. The number of halogens is 1. The quantitative estimate of drug-likeness (QED) is 0.821. The van der Waals surface area contributed by atoms with Gasteiger partial charge in [0.1, 0.15) is 10.7 Å². The fraction of sp³-hybridized carbons (Fsp3) is 0.300. The molecule has 6 nitrogen and oxygen atoms in total. The number of ketones is 2. The number of hydrogen-bond acceptors (Lipinski definition) is 5. The van der Waals surface area contributed by atoms with Gasteiger partial charge in [-0.25, -0.2) is 0 Å². The maximum Gasteiger partial charge on any atom is 0.241 e. The molecule has 1 saturated heterocycles. The lowest BCUT2D eigenvalue weighted by atomic mass is 9.90. The van der Waals surface area contributed by atoms with Crippen molar-refractivity contribution in [1.29, 1.82) is 0 Å². The van der Waals surface area contributed by atoms with E-state index in [2.05, 4.69) is 4.98 Å². The summed E-state index contributed by atoms with van der Waals surface area (Å²) in [5.41, 5.74) is 2.81. The number of nitrogens with one attached hydrogen (secondary N) is 1. The first-order valence-corrected chi connectivity index (χ1v) is 9.10. The van der Waals surface area contributed by atoms with E-state index in [1.165, 1.54) is 7.11 Å². The predicted octanol–water partition coefficient (Wildman–Crippen LogP) is 2.77. The Kier molecular flexibility index (Phi) is 4.53. The van der Waals surface area contributed by atoms with E-state index in [4.69, 9.17) is 21.1 Å². The summed E-state index contributed by atoms with van der Waals surface area (Å²) < 4.78 is 10.7. The fourth-order valence-electron chi connectivity index (χ4n) is 3.73. The molecule has 1 aliphatic carbocycles. The molecule has 1 aromatic heterocycles. The van der Waals surface area contributed by atoms with E-state index in [0.717, 1.165) is 16.6 Å². The summed E-state index contributed by atoms with van der Waals surface area (Å²) in [6.45, 7) is 3.87. The number of hydrogen-bond donors (Lipinski definition) is 1. The van der Waals surface area contributed by atoms with Crippen molar-refractivity contribution in [2.24, 2.45) is 0 Å². The van der Waals surface area contributed by atoms with Crippen LogP contribution in [0, 0.1) is 6.92 Å². The van der Waals surface area contributed by atoms with Crippen LogP contribution in [0.15, 0.2) is 40.8 Å². The molecule has 1 fully saturated rings. The number of aryl methyl sites for hydroxylation is 1. The number of carbonyl (C=O) groups is 2. The number of carbonyl (C=O) groups excluding carboxylic acids is 2. The van der Waals surface area contributed by atoms with Crippen molar-refractivity contribution in [2.45, 2.75) is 6.92 Å². The fourth-order valence-corrected chi connectivity index (χ4v) is 3.99. The second-order valence-corrected chi connectivity index (χ2v) is 6.88. The molecule has 0 radical (unpaired) electrons. The number of nitrogens with zero attached hydrogens (tertiary/aromatic N) is 1. The van der Waals surface area contributed by atoms with Gasteiger partial charge in [-0.2, -0.15) is 0 Å². The van der Waals surface area contributed by atoms with Gasteiger partial charge >= 0.3 is 0 Å². The molecule has 0 unspecified atom stereocenters. The number of ether oxygens (including phenoxy) is 2. The van der Waals surface area contributed by atoms with Crippen LogP contribution in [0.4, 0.5) is 0 Å². The molecule has 2 heterocycles. The smallest absolute Gasteiger partial charge is 0.241 e. The third-order valence-corrected chi connectivity index (χ3v) is 5.32. The Labute approximate surface area is 161 Å². The topological polar surface area (TPSA) is 71.6 Å². The molecule has 140 valence electrons. The van der Waals surface area contributed by atoms with Gasteiger partial charge < -0.3 is 19.4 Å². The van der Waals surface area contributed by atoms with Crippen LogP contribution in [-0.2, 0) is 19.1 Å². The van der Waals surface area contributed by atoms with Crippen molar-refractivity contribution in [3.05, 3.63) is 52.0 Å². The van der Waals surface area contributed by atoms with Crippen LogP contribution in [0.3, 0.4) is 0 Å². The summed E-state index contributed by atoms with van der Waals surface area (Å²) in [4.78, 5) is 31.5. The van der Waals surface area contributed by atoms with Gasteiger partial charge in [0.25, 0.3) is 0 Å². The highest BCUT2D eigenvalue weighted by Crippen LogP contribution is 2.39. The van der Waals surface area contributed by atoms with Gasteiger partial charge in [-0.1, -0.05) is 29.8 Å². The van der Waals surface area contributed by atoms with E-state index in [1.54, 1.807) is 0 Å². The van der Waals surface area contributed by atoms with Crippen molar-refractivity contribution in [3.8, 4) is 0 Å². The number of fused-ring (bicyclic) bond motifs is 1. The molecule has 1 aromatic carbocycles. The van der Waals surface area contributed by atoms with Crippen molar-refractivity contribution in [3.63, 3.8) is 0 Å². The molecular formula is C20H19ClN2O4. The van der Waals surface area contributed by atoms with Gasteiger partial charge in [-0.3, -0.25) is 9.59 Å². The number of morpholine rings is 1. The molecule has 2 aliphatic rings. The van der Waals surface area contributed by atoms with Crippen molar-refractivity contribution in [2.75, 3.05) is 33.4 Å². The third kappa shape index (κ3) is 2.76. The summed E-state index contributed by atoms with van der Waals surface area (Å²) in [5.74, 6) is -0.778. The molecule has 2 aromatic rings. The Bertz CT molecular complexity index is 1010. The highest BCUT2D eigenvalue weighted by atomic mass is 35.5. The maximum absolute atomic E-state index is 13.5. The monoisotopic (exact) mass is 386 g/mol. The zero-order valence-corrected chi connectivity index (χ0v) is 15.9. The number of benzene rings is 1. The molecule has 0 spiro atoms. The van der Waals surface area contributed by atoms with Crippen molar-refractivity contribution < 1.29 is 19.1 Å². The predicted molar refractivity (Wildman–Crippen MR) is 102 cm³/mol. The van der Waals surface area contributed by atoms with Gasteiger partial charge in [0, 0.05) is 35.2 Å². The lowest BCUT2D eigenvalue weighted by molar-refractivity contribution is -0.118. The van der Waals surface area contributed by atoms with E-state index in [1.807, 2.05) is 36.1 Å². The number of aromatic nitrogens is 1. The zero-order valence-electron chi connectivity index (χ0n) is 15.1. The van der Waals surface area contributed by atoms with Gasteiger partial charge in [0.05, 0.1) is 25.9 Å². The second-order valence-electron chi connectivity index (χ2n) is 6.50. The van der Waals surface area contributed by atoms with Gasteiger partial charge in [0.2, 0.25) is 11.6 Å². The molecule has 0 atom stereocenters.